The van der Waals surface area contributed by atoms with Crippen molar-refractivity contribution < 1.29 is 19.1 Å². The summed E-state index contributed by atoms with van der Waals surface area (Å²) in [4.78, 5) is 43.6. The number of benzene rings is 1. The van der Waals surface area contributed by atoms with Gasteiger partial charge in [-0.15, -0.1) is 0 Å². The predicted octanol–water partition coefficient (Wildman–Crippen LogP) is 2.41. The SMILES string of the molecule is CN1CCC(C2CN([C@H]3CCCC[C@H]3Oc3ccc4c(c3)CN(C3CCC(=O)NC3=O)C4=O)C2)CC1. The molecule has 3 saturated heterocycles. The van der Waals surface area contributed by atoms with Crippen molar-refractivity contribution in [1.82, 2.24) is 20.0 Å². The van der Waals surface area contributed by atoms with E-state index >= 15 is 0 Å². The number of amides is 3. The molecule has 3 atom stereocenters. The second kappa shape index (κ2) is 9.78. The van der Waals surface area contributed by atoms with E-state index in [9.17, 15) is 14.4 Å². The number of hydrogen-bond acceptors (Lipinski definition) is 6. The van der Waals surface area contributed by atoms with Crippen LogP contribution in [0.5, 0.6) is 5.75 Å². The quantitative estimate of drug-likeness (QED) is 0.633. The maximum Gasteiger partial charge on any atom is 0.255 e. The summed E-state index contributed by atoms with van der Waals surface area (Å²) in [6.45, 7) is 5.27. The molecular formula is C28H38N4O4. The summed E-state index contributed by atoms with van der Waals surface area (Å²) in [5.41, 5.74) is 1.54. The van der Waals surface area contributed by atoms with E-state index in [0.717, 1.165) is 29.6 Å². The third-order valence-corrected chi connectivity index (χ3v) is 9.29. The Kier molecular flexibility index (Phi) is 6.50. The monoisotopic (exact) mass is 494 g/mol. The zero-order valence-electron chi connectivity index (χ0n) is 21.3. The molecule has 3 amide bonds. The highest BCUT2D eigenvalue weighted by Gasteiger charge is 2.42. The maximum atomic E-state index is 13.0. The fourth-order valence-electron chi connectivity index (χ4n) is 7.05. The molecule has 0 bridgehead atoms. The second-order valence-corrected chi connectivity index (χ2v) is 11.6. The van der Waals surface area contributed by atoms with Crippen molar-refractivity contribution in [2.75, 3.05) is 33.2 Å². The Hall–Kier alpha value is -2.45. The molecule has 194 valence electrons. The Labute approximate surface area is 213 Å². The highest BCUT2D eigenvalue weighted by molar-refractivity contribution is 6.05. The van der Waals surface area contributed by atoms with E-state index in [4.69, 9.17) is 4.74 Å². The van der Waals surface area contributed by atoms with Gasteiger partial charge < -0.3 is 14.5 Å². The molecule has 5 aliphatic rings. The summed E-state index contributed by atoms with van der Waals surface area (Å²) in [5.74, 6) is 1.76. The van der Waals surface area contributed by atoms with Crippen LogP contribution in [0.2, 0.25) is 0 Å². The summed E-state index contributed by atoms with van der Waals surface area (Å²) in [6, 6.07) is 5.63. The topological polar surface area (TPSA) is 82.2 Å². The molecule has 1 N–H and O–H groups in total. The molecule has 8 nitrogen and oxygen atoms in total. The van der Waals surface area contributed by atoms with Gasteiger partial charge in [-0.3, -0.25) is 24.6 Å². The van der Waals surface area contributed by atoms with Crippen LogP contribution < -0.4 is 10.1 Å². The van der Waals surface area contributed by atoms with Gasteiger partial charge in [-0.2, -0.15) is 0 Å². The molecule has 4 heterocycles. The number of carbonyl (C=O) groups is 3. The zero-order chi connectivity index (χ0) is 24.8. The van der Waals surface area contributed by atoms with Gasteiger partial charge in [-0.05, 0) is 94.3 Å². The molecule has 1 aromatic carbocycles. The van der Waals surface area contributed by atoms with Crippen LogP contribution in [-0.2, 0) is 16.1 Å². The van der Waals surface area contributed by atoms with Gasteiger partial charge in [0.05, 0.1) is 0 Å². The van der Waals surface area contributed by atoms with E-state index in [1.54, 1.807) is 4.90 Å². The van der Waals surface area contributed by atoms with E-state index in [1.807, 2.05) is 18.2 Å². The molecule has 6 rings (SSSR count). The highest BCUT2D eigenvalue weighted by atomic mass is 16.5. The first-order chi connectivity index (χ1) is 17.5. The van der Waals surface area contributed by atoms with Crippen LogP contribution in [-0.4, -0.2) is 83.8 Å². The van der Waals surface area contributed by atoms with Gasteiger partial charge in [0.1, 0.15) is 17.9 Å². The van der Waals surface area contributed by atoms with Gasteiger partial charge in [0.2, 0.25) is 11.8 Å². The first kappa shape index (κ1) is 23.9. The minimum Gasteiger partial charge on any atom is -0.489 e. The fourth-order valence-corrected chi connectivity index (χ4v) is 7.05. The van der Waals surface area contributed by atoms with Crippen LogP contribution in [0.4, 0.5) is 0 Å². The van der Waals surface area contributed by atoms with Gasteiger partial charge >= 0.3 is 0 Å². The number of piperidine rings is 2. The van der Waals surface area contributed by atoms with E-state index in [1.165, 1.54) is 58.3 Å². The van der Waals surface area contributed by atoms with Crippen molar-refractivity contribution in [2.45, 2.75) is 76.1 Å². The molecule has 4 fully saturated rings. The molecule has 1 saturated carbocycles. The normalized spacial score (nSPS) is 30.8. The third-order valence-electron chi connectivity index (χ3n) is 9.29. The molecule has 1 unspecified atom stereocenters. The maximum absolute atomic E-state index is 13.0. The van der Waals surface area contributed by atoms with Gasteiger partial charge in [-0.1, -0.05) is 6.42 Å². The molecule has 4 aliphatic heterocycles. The lowest BCUT2D eigenvalue weighted by Crippen LogP contribution is -2.60. The number of imide groups is 1. The number of fused-ring (bicyclic) bond motifs is 1. The van der Waals surface area contributed by atoms with Gasteiger partial charge in [-0.25, -0.2) is 0 Å². The number of hydrogen-bond donors (Lipinski definition) is 1. The van der Waals surface area contributed by atoms with Gasteiger partial charge in [0.15, 0.2) is 0 Å². The fraction of sp³-hybridized carbons (Fsp3) is 0.679. The molecule has 0 spiro atoms. The first-order valence-electron chi connectivity index (χ1n) is 13.8. The summed E-state index contributed by atoms with van der Waals surface area (Å²) in [5, 5.41) is 2.37. The lowest BCUT2D eigenvalue weighted by molar-refractivity contribution is -0.136. The number of rotatable bonds is 5. The lowest BCUT2D eigenvalue weighted by Gasteiger charge is -2.51. The summed E-state index contributed by atoms with van der Waals surface area (Å²) in [6.07, 6.45) is 8.22. The third kappa shape index (κ3) is 4.54. The Bertz CT molecular complexity index is 1030. The summed E-state index contributed by atoms with van der Waals surface area (Å²) >= 11 is 0. The van der Waals surface area contributed by atoms with Crippen molar-refractivity contribution in [3.63, 3.8) is 0 Å². The number of nitrogens with zero attached hydrogens (tertiary/aromatic N) is 3. The second-order valence-electron chi connectivity index (χ2n) is 11.6. The van der Waals surface area contributed by atoms with E-state index in [-0.39, 0.29) is 30.2 Å². The lowest BCUT2D eigenvalue weighted by atomic mass is 9.77. The molecule has 1 aromatic rings. The van der Waals surface area contributed by atoms with Crippen molar-refractivity contribution >= 4 is 17.7 Å². The minimum atomic E-state index is -0.585. The number of likely N-dealkylation sites (tertiary alicyclic amines) is 2. The smallest absolute Gasteiger partial charge is 0.255 e. The average Bonchev–Trinajstić information content (AvgIpc) is 3.16. The van der Waals surface area contributed by atoms with E-state index in [0.29, 0.717) is 24.6 Å². The standard InChI is InChI=1S/C28H38N4O4/c1-30-12-10-18(11-13-30)20-15-31(16-20)23-4-2-3-5-25(23)36-21-6-7-22-19(14-21)17-32(28(22)35)24-8-9-26(33)29-27(24)34/h6-7,14,18,20,23-25H,2-5,8-13,15-17H2,1H3,(H,29,33,34)/t23-,24?,25+/m0/s1. The van der Waals surface area contributed by atoms with Crippen LogP contribution in [0.15, 0.2) is 18.2 Å². The molecule has 8 heteroatoms. The molecule has 0 aromatic heterocycles. The molecule has 1 aliphatic carbocycles. The Morgan fingerprint density at radius 2 is 1.72 bits per heavy atom. The van der Waals surface area contributed by atoms with Crippen LogP contribution in [0.1, 0.15) is 67.3 Å². The van der Waals surface area contributed by atoms with Crippen LogP contribution >= 0.6 is 0 Å². The Morgan fingerprint density at radius 3 is 2.50 bits per heavy atom. The number of ether oxygens (including phenoxy) is 1. The number of carbonyl (C=O) groups excluding carboxylic acids is 3. The van der Waals surface area contributed by atoms with Crippen molar-refractivity contribution in [3.05, 3.63) is 29.3 Å². The Balaban J connectivity index is 1.09. The summed E-state index contributed by atoms with van der Waals surface area (Å²) < 4.78 is 6.59. The van der Waals surface area contributed by atoms with Crippen molar-refractivity contribution in [1.29, 1.82) is 0 Å². The number of nitrogens with one attached hydrogen (secondary N) is 1. The molecule has 36 heavy (non-hydrogen) atoms. The average molecular weight is 495 g/mol. The van der Waals surface area contributed by atoms with Crippen molar-refractivity contribution in [3.8, 4) is 5.75 Å². The first-order valence-corrected chi connectivity index (χ1v) is 13.8. The van der Waals surface area contributed by atoms with Crippen LogP contribution in [0.25, 0.3) is 0 Å². The largest absolute Gasteiger partial charge is 0.489 e. The van der Waals surface area contributed by atoms with Crippen molar-refractivity contribution in [2.24, 2.45) is 11.8 Å². The minimum absolute atomic E-state index is 0.137. The van der Waals surface area contributed by atoms with Crippen LogP contribution in [0.3, 0.4) is 0 Å². The van der Waals surface area contributed by atoms with E-state index in [2.05, 4.69) is 22.2 Å². The van der Waals surface area contributed by atoms with Gasteiger partial charge in [0.25, 0.3) is 5.91 Å². The van der Waals surface area contributed by atoms with Crippen LogP contribution in [0, 0.1) is 11.8 Å². The Morgan fingerprint density at radius 1 is 0.944 bits per heavy atom. The zero-order valence-corrected chi connectivity index (χ0v) is 21.3. The van der Waals surface area contributed by atoms with Gasteiger partial charge in [0, 0.05) is 37.7 Å². The predicted molar refractivity (Wildman–Crippen MR) is 134 cm³/mol. The molecular weight excluding hydrogens is 456 g/mol. The van der Waals surface area contributed by atoms with E-state index < -0.39 is 6.04 Å². The highest BCUT2D eigenvalue weighted by Crippen LogP contribution is 2.37. The molecule has 0 radical (unpaired) electrons. The summed E-state index contributed by atoms with van der Waals surface area (Å²) in [7, 11) is 2.23.